The van der Waals surface area contributed by atoms with Crippen LogP contribution in [0.2, 0.25) is 0 Å². The van der Waals surface area contributed by atoms with Gasteiger partial charge in [-0.1, -0.05) is 18.2 Å². The number of Topliss-reactive ketones (excluding diaryl/α,β-unsaturated/α-hetero) is 1. The zero-order valence-corrected chi connectivity index (χ0v) is 13.6. The Balaban J connectivity index is 2.24. The van der Waals surface area contributed by atoms with E-state index in [-0.39, 0.29) is 5.78 Å². The summed E-state index contributed by atoms with van der Waals surface area (Å²) in [5.41, 5.74) is 0.904. The molecule has 2 nitrogen and oxygen atoms in total. The van der Waals surface area contributed by atoms with Crippen molar-refractivity contribution >= 4 is 49.0 Å². The molecule has 0 aliphatic carbocycles. The zero-order chi connectivity index (χ0) is 13.1. The van der Waals surface area contributed by atoms with Crippen molar-refractivity contribution in [2.45, 2.75) is 6.42 Å². The van der Waals surface area contributed by atoms with E-state index in [0.717, 1.165) is 25.1 Å². The summed E-state index contributed by atoms with van der Waals surface area (Å²) in [6.07, 6.45) is 0.343. The minimum Gasteiger partial charge on any atom is -0.496 e. The highest BCUT2D eigenvalue weighted by Gasteiger charge is 2.16. The van der Waals surface area contributed by atoms with Crippen LogP contribution < -0.4 is 4.74 Å². The van der Waals surface area contributed by atoms with Crippen LogP contribution in [-0.4, -0.2) is 12.9 Å². The van der Waals surface area contributed by atoms with Gasteiger partial charge >= 0.3 is 0 Å². The number of ether oxygens (including phenoxy) is 1. The lowest BCUT2D eigenvalue weighted by molar-refractivity contribution is 0.0995. The first-order valence-electron chi connectivity index (χ1n) is 5.21. The van der Waals surface area contributed by atoms with E-state index in [1.54, 1.807) is 7.11 Å². The second kappa shape index (κ2) is 5.99. The zero-order valence-electron chi connectivity index (χ0n) is 9.57. The molecule has 2 rings (SSSR count). The fraction of sp³-hybridized carbons (Fsp3) is 0.154. The van der Waals surface area contributed by atoms with Crippen molar-refractivity contribution in [2.75, 3.05) is 7.11 Å². The summed E-state index contributed by atoms with van der Waals surface area (Å²) >= 11 is 8.23. The van der Waals surface area contributed by atoms with Crippen molar-refractivity contribution in [2.24, 2.45) is 0 Å². The smallest absolute Gasteiger partial charge is 0.178 e. The first kappa shape index (κ1) is 13.8. The largest absolute Gasteiger partial charge is 0.496 e. The fourth-order valence-corrected chi connectivity index (χ4v) is 3.75. The lowest BCUT2D eigenvalue weighted by Crippen LogP contribution is -2.03. The molecule has 0 radical (unpaired) electrons. The molecule has 0 fully saturated rings. The van der Waals surface area contributed by atoms with Crippen LogP contribution in [-0.2, 0) is 6.42 Å². The molecule has 1 aromatic carbocycles. The summed E-state index contributed by atoms with van der Waals surface area (Å²) in [6, 6.07) is 7.57. The molecule has 0 bridgehead atoms. The summed E-state index contributed by atoms with van der Waals surface area (Å²) in [7, 11) is 1.61. The number of thiophene rings is 1. The van der Waals surface area contributed by atoms with Gasteiger partial charge in [0.2, 0.25) is 0 Å². The SMILES string of the molecule is COc1ccccc1CC(=O)c1scc(Br)c1Br. The molecular formula is C13H10Br2O2S. The lowest BCUT2D eigenvalue weighted by atomic mass is 10.1. The van der Waals surface area contributed by atoms with Crippen molar-refractivity contribution in [3.63, 3.8) is 0 Å². The molecule has 0 aliphatic rings. The number of ketones is 1. The van der Waals surface area contributed by atoms with Gasteiger partial charge in [0.05, 0.1) is 16.5 Å². The lowest BCUT2D eigenvalue weighted by Gasteiger charge is -2.06. The summed E-state index contributed by atoms with van der Waals surface area (Å²) in [5, 5.41) is 1.90. The van der Waals surface area contributed by atoms with Gasteiger partial charge in [0.25, 0.3) is 0 Å². The third-order valence-electron chi connectivity index (χ3n) is 2.49. The molecule has 0 unspecified atom stereocenters. The number of para-hydroxylation sites is 1. The summed E-state index contributed by atoms with van der Waals surface area (Å²) in [6.45, 7) is 0. The van der Waals surface area contributed by atoms with Gasteiger partial charge in [-0.2, -0.15) is 0 Å². The van der Waals surface area contributed by atoms with Crippen LogP contribution in [0.1, 0.15) is 15.2 Å². The maximum Gasteiger partial charge on any atom is 0.178 e. The van der Waals surface area contributed by atoms with Crippen molar-refractivity contribution in [1.29, 1.82) is 0 Å². The van der Waals surface area contributed by atoms with Crippen LogP contribution in [0.4, 0.5) is 0 Å². The van der Waals surface area contributed by atoms with Crippen LogP contribution >= 0.6 is 43.2 Å². The van der Waals surface area contributed by atoms with E-state index >= 15 is 0 Å². The predicted molar refractivity (Wildman–Crippen MR) is 80.7 cm³/mol. The Morgan fingerprint density at radius 3 is 2.67 bits per heavy atom. The third kappa shape index (κ3) is 2.84. The molecule has 0 saturated carbocycles. The quantitative estimate of drug-likeness (QED) is 0.708. The highest BCUT2D eigenvalue weighted by molar-refractivity contribution is 9.13. The molecule has 94 valence electrons. The van der Waals surface area contributed by atoms with Crippen molar-refractivity contribution < 1.29 is 9.53 Å². The first-order chi connectivity index (χ1) is 8.63. The summed E-state index contributed by atoms with van der Waals surface area (Å²) in [5.74, 6) is 0.833. The van der Waals surface area contributed by atoms with Crippen LogP contribution in [0.3, 0.4) is 0 Å². The maximum atomic E-state index is 12.2. The van der Waals surface area contributed by atoms with Gasteiger partial charge < -0.3 is 4.74 Å². The molecule has 0 saturated heterocycles. The van der Waals surface area contributed by atoms with E-state index in [1.807, 2.05) is 29.6 Å². The average molecular weight is 390 g/mol. The molecule has 1 heterocycles. The van der Waals surface area contributed by atoms with Crippen LogP contribution in [0, 0.1) is 0 Å². The third-order valence-corrected chi connectivity index (χ3v) is 6.05. The van der Waals surface area contributed by atoms with Crippen LogP contribution in [0.15, 0.2) is 38.6 Å². The summed E-state index contributed by atoms with van der Waals surface area (Å²) in [4.78, 5) is 12.9. The molecule has 2 aromatic rings. The Morgan fingerprint density at radius 2 is 2.06 bits per heavy atom. The highest BCUT2D eigenvalue weighted by Crippen LogP contribution is 2.33. The van der Waals surface area contributed by atoms with Crippen LogP contribution in [0.25, 0.3) is 0 Å². The van der Waals surface area contributed by atoms with Gasteiger partial charge in [0, 0.05) is 21.8 Å². The molecule has 0 amide bonds. The average Bonchev–Trinajstić information content (AvgIpc) is 2.71. The van der Waals surface area contributed by atoms with Crippen molar-refractivity contribution in [3.8, 4) is 5.75 Å². The summed E-state index contributed by atoms with van der Waals surface area (Å²) < 4.78 is 6.99. The van der Waals surface area contributed by atoms with Gasteiger partial charge in [-0.25, -0.2) is 0 Å². The van der Waals surface area contributed by atoms with E-state index in [9.17, 15) is 4.79 Å². The second-order valence-corrected chi connectivity index (χ2v) is 6.17. The standard InChI is InChI=1S/C13H10Br2O2S/c1-17-11-5-3-2-4-8(11)6-10(16)13-12(15)9(14)7-18-13/h2-5,7H,6H2,1H3. The number of halogens is 2. The number of hydrogen-bond donors (Lipinski definition) is 0. The Hall–Kier alpha value is -0.650. The minimum absolute atomic E-state index is 0.0853. The Labute approximate surface area is 126 Å². The normalized spacial score (nSPS) is 10.4. The molecule has 0 N–H and O–H groups in total. The number of rotatable bonds is 4. The Kier molecular flexibility index (Phi) is 4.59. The number of benzene rings is 1. The number of hydrogen-bond acceptors (Lipinski definition) is 3. The Morgan fingerprint density at radius 1 is 1.33 bits per heavy atom. The number of carbonyl (C=O) groups is 1. The molecule has 5 heteroatoms. The maximum absolute atomic E-state index is 12.2. The van der Waals surface area contributed by atoms with Crippen molar-refractivity contribution in [3.05, 3.63) is 49.0 Å². The minimum atomic E-state index is 0.0853. The molecule has 18 heavy (non-hydrogen) atoms. The monoisotopic (exact) mass is 388 g/mol. The van der Waals surface area contributed by atoms with E-state index in [2.05, 4.69) is 31.9 Å². The predicted octanol–water partition coefficient (Wildman–Crippen LogP) is 4.71. The van der Waals surface area contributed by atoms with Gasteiger partial charge in [0.1, 0.15) is 5.75 Å². The number of methoxy groups -OCH3 is 1. The van der Waals surface area contributed by atoms with E-state index < -0.39 is 0 Å². The topological polar surface area (TPSA) is 26.3 Å². The highest BCUT2D eigenvalue weighted by atomic mass is 79.9. The van der Waals surface area contributed by atoms with Gasteiger partial charge in [-0.15, -0.1) is 11.3 Å². The van der Waals surface area contributed by atoms with Crippen molar-refractivity contribution in [1.82, 2.24) is 0 Å². The van der Waals surface area contributed by atoms with Gasteiger partial charge in [-0.05, 0) is 37.9 Å². The molecular weight excluding hydrogens is 380 g/mol. The first-order valence-corrected chi connectivity index (χ1v) is 7.67. The van der Waals surface area contributed by atoms with E-state index in [0.29, 0.717) is 6.42 Å². The molecule has 0 spiro atoms. The number of carbonyl (C=O) groups excluding carboxylic acids is 1. The molecule has 0 aliphatic heterocycles. The van der Waals surface area contributed by atoms with E-state index in [4.69, 9.17) is 4.74 Å². The van der Waals surface area contributed by atoms with Crippen LogP contribution in [0.5, 0.6) is 5.75 Å². The molecule has 0 atom stereocenters. The molecule has 1 aromatic heterocycles. The fourth-order valence-electron chi connectivity index (χ4n) is 1.61. The Bertz CT molecular complexity index is 578. The van der Waals surface area contributed by atoms with E-state index in [1.165, 1.54) is 11.3 Å². The second-order valence-electron chi connectivity index (χ2n) is 3.64. The van der Waals surface area contributed by atoms with Gasteiger partial charge in [0.15, 0.2) is 5.78 Å². The van der Waals surface area contributed by atoms with Gasteiger partial charge in [-0.3, -0.25) is 4.79 Å².